The molecule has 3 N–H and O–H groups in total. The molecule has 0 saturated heterocycles. The van der Waals surface area contributed by atoms with Crippen molar-refractivity contribution in [2.24, 2.45) is 0 Å². The van der Waals surface area contributed by atoms with E-state index in [1.54, 1.807) is 30.3 Å². The van der Waals surface area contributed by atoms with E-state index in [0.29, 0.717) is 11.1 Å². The van der Waals surface area contributed by atoms with Gasteiger partial charge in [-0.05, 0) is 28.4 Å². The number of amides is 1. The number of aromatic hydroxyl groups is 1. The maximum absolute atomic E-state index is 15.8. The van der Waals surface area contributed by atoms with Gasteiger partial charge in [-0.15, -0.1) is 0 Å². The predicted molar refractivity (Wildman–Crippen MR) is 127 cm³/mol. The summed E-state index contributed by atoms with van der Waals surface area (Å²) < 4.78 is 45.8. The van der Waals surface area contributed by atoms with Crippen LogP contribution >= 0.6 is 0 Å². The second kappa shape index (κ2) is 8.73. The molecule has 0 atom stereocenters. The number of phenolic OH excluding ortho intramolecular Hbond substituents is 1. The fourth-order valence-electron chi connectivity index (χ4n) is 4.08. The number of nitrogens with one attached hydrogen (secondary N) is 1. The molecule has 1 aliphatic rings. The SMILES string of the molecule is COc1cc(C(O)=C2C(=O)Nc3cc(F)c(-c4ccc(-c5cccc(OC)c5O)cc4)c(F)c32)on1. The summed E-state index contributed by atoms with van der Waals surface area (Å²) in [5.74, 6) is -3.44. The van der Waals surface area contributed by atoms with E-state index >= 15 is 8.78 Å². The Hall–Kier alpha value is -4.86. The summed E-state index contributed by atoms with van der Waals surface area (Å²) >= 11 is 0. The minimum absolute atomic E-state index is 0.0400. The van der Waals surface area contributed by atoms with Crippen LogP contribution in [0.4, 0.5) is 14.5 Å². The Morgan fingerprint density at radius 1 is 1.00 bits per heavy atom. The van der Waals surface area contributed by atoms with Crippen molar-refractivity contribution >= 4 is 22.9 Å². The fraction of sp³-hybridized carbons (Fsp3) is 0.0769. The molecule has 0 spiro atoms. The molecule has 8 nitrogen and oxygen atoms in total. The number of aliphatic hydroxyl groups is 1. The first-order valence-electron chi connectivity index (χ1n) is 10.6. The summed E-state index contributed by atoms with van der Waals surface area (Å²) in [6, 6.07) is 13.3. The molecule has 10 heteroatoms. The van der Waals surface area contributed by atoms with E-state index in [0.717, 1.165) is 6.07 Å². The third-order valence-corrected chi connectivity index (χ3v) is 5.81. The molecule has 0 aliphatic carbocycles. The van der Waals surface area contributed by atoms with Gasteiger partial charge in [0, 0.05) is 5.56 Å². The zero-order valence-electron chi connectivity index (χ0n) is 18.9. The maximum atomic E-state index is 15.8. The molecule has 2 heterocycles. The summed E-state index contributed by atoms with van der Waals surface area (Å²) in [7, 11) is 2.76. The van der Waals surface area contributed by atoms with Crippen molar-refractivity contribution in [3.63, 3.8) is 0 Å². The van der Waals surface area contributed by atoms with Crippen LogP contribution in [0.15, 0.2) is 59.1 Å². The zero-order valence-corrected chi connectivity index (χ0v) is 18.9. The number of anilines is 1. The highest BCUT2D eigenvalue weighted by Crippen LogP contribution is 2.43. The monoisotopic (exact) mass is 492 g/mol. The Balaban J connectivity index is 1.61. The number of aromatic nitrogens is 1. The maximum Gasteiger partial charge on any atom is 0.260 e. The number of benzene rings is 3. The molecule has 0 fully saturated rings. The first-order chi connectivity index (χ1) is 17.3. The van der Waals surface area contributed by atoms with Crippen molar-refractivity contribution in [2.45, 2.75) is 0 Å². The smallest absolute Gasteiger partial charge is 0.260 e. The molecule has 0 unspecified atom stereocenters. The molecule has 182 valence electrons. The van der Waals surface area contributed by atoms with Gasteiger partial charge >= 0.3 is 0 Å². The number of halogens is 2. The van der Waals surface area contributed by atoms with Gasteiger partial charge in [-0.3, -0.25) is 4.79 Å². The highest BCUT2D eigenvalue weighted by atomic mass is 19.1. The van der Waals surface area contributed by atoms with Gasteiger partial charge in [0.15, 0.2) is 17.3 Å². The minimum atomic E-state index is -1.05. The molecule has 0 bridgehead atoms. The molecule has 36 heavy (non-hydrogen) atoms. The van der Waals surface area contributed by atoms with E-state index in [1.165, 1.54) is 32.4 Å². The third-order valence-electron chi connectivity index (χ3n) is 5.81. The van der Waals surface area contributed by atoms with Crippen LogP contribution in [0.25, 0.3) is 33.6 Å². The van der Waals surface area contributed by atoms with Crippen LogP contribution in [0.2, 0.25) is 0 Å². The van der Waals surface area contributed by atoms with Gasteiger partial charge in [0.2, 0.25) is 5.76 Å². The van der Waals surface area contributed by atoms with Crippen molar-refractivity contribution in [2.75, 3.05) is 19.5 Å². The average Bonchev–Trinajstić information content (AvgIpc) is 3.48. The number of phenols is 1. The predicted octanol–water partition coefficient (Wildman–Crippen LogP) is 5.39. The van der Waals surface area contributed by atoms with E-state index < -0.39 is 34.4 Å². The van der Waals surface area contributed by atoms with E-state index in [-0.39, 0.29) is 40.0 Å². The highest BCUT2D eigenvalue weighted by molar-refractivity contribution is 6.36. The number of hydrogen-bond donors (Lipinski definition) is 3. The first kappa shape index (κ1) is 22.9. The van der Waals surface area contributed by atoms with Crippen molar-refractivity contribution < 1.29 is 37.8 Å². The average molecular weight is 492 g/mol. The largest absolute Gasteiger partial charge is 0.504 e. The summed E-state index contributed by atoms with van der Waals surface area (Å²) in [5.41, 5.74) is -0.0239. The first-order valence-corrected chi connectivity index (χ1v) is 10.6. The highest BCUT2D eigenvalue weighted by Gasteiger charge is 2.35. The Morgan fingerprint density at radius 3 is 2.39 bits per heavy atom. The Bertz CT molecular complexity index is 1540. The number of carbonyl (C=O) groups is 1. The van der Waals surface area contributed by atoms with E-state index in [9.17, 15) is 15.0 Å². The van der Waals surface area contributed by atoms with Gasteiger partial charge < -0.3 is 29.5 Å². The Kier molecular flexibility index (Phi) is 5.56. The second-order valence-corrected chi connectivity index (χ2v) is 7.81. The summed E-state index contributed by atoms with van der Waals surface area (Å²) in [6.07, 6.45) is 0. The van der Waals surface area contributed by atoms with Crippen molar-refractivity contribution in [1.82, 2.24) is 5.16 Å². The molecular formula is C26H18F2N2O6. The van der Waals surface area contributed by atoms with Crippen LogP contribution in [0, 0.1) is 11.6 Å². The number of aliphatic hydroxyl groups excluding tert-OH is 1. The lowest BCUT2D eigenvalue weighted by Crippen LogP contribution is -2.05. The lowest BCUT2D eigenvalue weighted by atomic mass is 9.95. The van der Waals surface area contributed by atoms with Gasteiger partial charge in [-0.1, -0.05) is 36.4 Å². The van der Waals surface area contributed by atoms with E-state index in [2.05, 4.69) is 10.5 Å². The number of hydrogen-bond acceptors (Lipinski definition) is 7. The summed E-state index contributed by atoms with van der Waals surface area (Å²) in [4.78, 5) is 12.6. The van der Waals surface area contributed by atoms with E-state index in [4.69, 9.17) is 14.0 Å². The van der Waals surface area contributed by atoms with E-state index in [1.807, 2.05) is 0 Å². The van der Waals surface area contributed by atoms with Crippen LogP contribution in [0.3, 0.4) is 0 Å². The van der Waals surface area contributed by atoms with Crippen LogP contribution in [-0.4, -0.2) is 35.5 Å². The molecule has 0 radical (unpaired) electrons. The van der Waals surface area contributed by atoms with Crippen LogP contribution in [-0.2, 0) is 4.79 Å². The van der Waals surface area contributed by atoms with Gasteiger partial charge in [0.25, 0.3) is 11.8 Å². The number of methoxy groups -OCH3 is 2. The number of nitrogens with zero attached hydrogens (tertiary/aromatic N) is 1. The molecule has 1 aliphatic heterocycles. The zero-order chi connectivity index (χ0) is 25.6. The molecule has 1 aromatic heterocycles. The third kappa shape index (κ3) is 3.59. The Morgan fingerprint density at radius 2 is 1.72 bits per heavy atom. The van der Waals surface area contributed by atoms with Crippen molar-refractivity contribution in [3.8, 4) is 39.6 Å². The normalized spacial score (nSPS) is 13.8. The standard InChI is InChI=1S/C26H18F2N2O6/c1-34-17-5-3-4-14(24(17)31)12-6-8-13(9-7-12)20-15(27)10-16-21(23(20)28)22(26(33)29-16)25(32)18-11-19(35-2)30-36-18/h3-11,31-32H,1-2H3,(H,29,33). The van der Waals surface area contributed by atoms with Crippen LogP contribution in [0.5, 0.6) is 17.4 Å². The fourth-order valence-corrected chi connectivity index (χ4v) is 4.08. The van der Waals surface area contributed by atoms with Crippen LogP contribution < -0.4 is 14.8 Å². The molecule has 3 aromatic carbocycles. The molecule has 4 aromatic rings. The lowest BCUT2D eigenvalue weighted by Gasteiger charge is -2.12. The van der Waals surface area contributed by atoms with Gasteiger partial charge in [-0.25, -0.2) is 8.78 Å². The van der Waals surface area contributed by atoms with Crippen molar-refractivity contribution in [3.05, 3.63) is 77.6 Å². The van der Waals surface area contributed by atoms with Crippen LogP contribution in [0.1, 0.15) is 11.3 Å². The second-order valence-electron chi connectivity index (χ2n) is 7.81. The number of fused-ring (bicyclic) bond motifs is 1. The van der Waals surface area contributed by atoms with Gasteiger partial charge in [0.05, 0.1) is 42.7 Å². The molecular weight excluding hydrogens is 474 g/mol. The number of carbonyl (C=O) groups excluding carboxylic acids is 1. The molecule has 0 saturated carbocycles. The quantitative estimate of drug-likeness (QED) is 0.253. The lowest BCUT2D eigenvalue weighted by molar-refractivity contribution is -0.110. The topological polar surface area (TPSA) is 114 Å². The number of rotatable bonds is 5. The number of para-hydroxylation sites is 1. The Labute approximate surface area is 203 Å². The summed E-state index contributed by atoms with van der Waals surface area (Å²) in [6.45, 7) is 0. The number of ether oxygens (including phenoxy) is 2. The summed E-state index contributed by atoms with van der Waals surface area (Å²) in [5, 5.41) is 27.0. The molecule has 5 rings (SSSR count). The van der Waals surface area contributed by atoms with Gasteiger partial charge in [-0.2, -0.15) is 0 Å². The minimum Gasteiger partial charge on any atom is -0.504 e. The van der Waals surface area contributed by atoms with Gasteiger partial charge in [0.1, 0.15) is 11.6 Å². The van der Waals surface area contributed by atoms with Crippen molar-refractivity contribution in [1.29, 1.82) is 0 Å². The molecule has 1 amide bonds.